The van der Waals surface area contributed by atoms with Crippen LogP contribution in [0.15, 0.2) is 65.4 Å². The van der Waals surface area contributed by atoms with E-state index in [1.165, 1.54) is 6.08 Å². The molecule has 0 aliphatic heterocycles. The fraction of sp³-hybridized carbons (Fsp3) is 0.167. The van der Waals surface area contributed by atoms with E-state index in [4.69, 9.17) is 4.42 Å². The van der Waals surface area contributed by atoms with E-state index in [1.54, 1.807) is 29.3 Å². The van der Waals surface area contributed by atoms with Crippen LogP contribution in [0.4, 0.5) is 0 Å². The van der Waals surface area contributed by atoms with Crippen LogP contribution >= 0.6 is 0 Å². The van der Waals surface area contributed by atoms with E-state index in [0.717, 1.165) is 5.56 Å². The highest BCUT2D eigenvalue weighted by Crippen LogP contribution is 2.12. The lowest BCUT2D eigenvalue weighted by Crippen LogP contribution is -2.24. The normalized spacial score (nSPS) is 12.4. The molecule has 0 radical (unpaired) electrons. The summed E-state index contributed by atoms with van der Waals surface area (Å²) in [5.41, 5.74) is 1.77. The smallest absolute Gasteiger partial charge is 0.244 e. The first-order valence-corrected chi connectivity index (χ1v) is 7.67. The molecule has 0 spiro atoms. The number of hydrogen-bond donors (Lipinski definition) is 1. The van der Waals surface area contributed by atoms with Crippen molar-refractivity contribution in [2.24, 2.45) is 0 Å². The van der Waals surface area contributed by atoms with Gasteiger partial charge in [0.1, 0.15) is 11.5 Å². The van der Waals surface area contributed by atoms with Gasteiger partial charge in [-0.3, -0.25) is 4.79 Å². The summed E-state index contributed by atoms with van der Waals surface area (Å²) >= 11 is 0. The lowest BCUT2D eigenvalue weighted by Gasteiger charge is -2.08. The molecule has 6 nitrogen and oxygen atoms in total. The monoisotopic (exact) mass is 322 g/mol. The van der Waals surface area contributed by atoms with E-state index >= 15 is 0 Å². The Balaban J connectivity index is 1.56. The molecule has 1 aromatic carbocycles. The largest absolute Gasteiger partial charge is 0.467 e. The summed E-state index contributed by atoms with van der Waals surface area (Å²) < 4.78 is 6.99. The van der Waals surface area contributed by atoms with Gasteiger partial charge in [-0.15, -0.1) is 5.10 Å². The van der Waals surface area contributed by atoms with Gasteiger partial charge >= 0.3 is 0 Å². The first-order chi connectivity index (χ1) is 11.7. The number of nitrogens with zero attached hydrogens (tertiary/aromatic N) is 3. The van der Waals surface area contributed by atoms with E-state index in [-0.39, 0.29) is 11.9 Å². The van der Waals surface area contributed by atoms with Gasteiger partial charge in [0.25, 0.3) is 0 Å². The third-order valence-corrected chi connectivity index (χ3v) is 3.48. The molecule has 0 fully saturated rings. The van der Waals surface area contributed by atoms with Crippen LogP contribution in [-0.4, -0.2) is 20.9 Å². The van der Waals surface area contributed by atoms with Crippen molar-refractivity contribution >= 4 is 12.0 Å². The van der Waals surface area contributed by atoms with Gasteiger partial charge in [0.05, 0.1) is 25.0 Å². The molecule has 3 rings (SSSR count). The summed E-state index contributed by atoms with van der Waals surface area (Å²) in [4.78, 5) is 11.9. The maximum atomic E-state index is 11.9. The molecule has 1 amide bonds. The molecule has 3 aromatic rings. The van der Waals surface area contributed by atoms with Crippen molar-refractivity contribution in [3.05, 3.63) is 78.0 Å². The fourth-order valence-corrected chi connectivity index (χ4v) is 2.27. The van der Waals surface area contributed by atoms with Gasteiger partial charge < -0.3 is 9.73 Å². The number of carbonyl (C=O) groups is 1. The molecule has 1 atom stereocenters. The van der Waals surface area contributed by atoms with E-state index in [2.05, 4.69) is 15.6 Å². The van der Waals surface area contributed by atoms with Crippen molar-refractivity contribution in [3.63, 3.8) is 0 Å². The SMILES string of the molecule is CC(NC(=O)/C=C/c1cn(Cc2ccccc2)nn1)c1ccco1. The minimum atomic E-state index is -0.212. The average molecular weight is 322 g/mol. The van der Waals surface area contributed by atoms with Crippen molar-refractivity contribution in [1.29, 1.82) is 0 Å². The van der Waals surface area contributed by atoms with Gasteiger partial charge in [-0.25, -0.2) is 4.68 Å². The Morgan fingerprint density at radius 1 is 1.29 bits per heavy atom. The highest BCUT2D eigenvalue weighted by Gasteiger charge is 2.09. The van der Waals surface area contributed by atoms with Crippen molar-refractivity contribution in [2.75, 3.05) is 0 Å². The Morgan fingerprint density at radius 3 is 2.88 bits per heavy atom. The zero-order valence-electron chi connectivity index (χ0n) is 13.3. The number of carbonyl (C=O) groups excluding carboxylic acids is 1. The Hall–Kier alpha value is -3.15. The van der Waals surface area contributed by atoms with Crippen molar-refractivity contribution < 1.29 is 9.21 Å². The highest BCUT2D eigenvalue weighted by atomic mass is 16.3. The number of benzene rings is 1. The Bertz CT molecular complexity index is 807. The summed E-state index contributed by atoms with van der Waals surface area (Å²) in [6.07, 6.45) is 6.46. The van der Waals surface area contributed by atoms with Crippen LogP contribution in [-0.2, 0) is 11.3 Å². The molecule has 0 aliphatic rings. The first-order valence-electron chi connectivity index (χ1n) is 7.67. The predicted molar refractivity (Wildman–Crippen MR) is 89.9 cm³/mol. The zero-order valence-corrected chi connectivity index (χ0v) is 13.3. The Kier molecular flexibility index (Phi) is 4.86. The van der Waals surface area contributed by atoms with Gasteiger partial charge in [-0.1, -0.05) is 35.5 Å². The number of furan rings is 1. The number of nitrogens with one attached hydrogen (secondary N) is 1. The second kappa shape index (κ2) is 7.41. The summed E-state index contributed by atoms with van der Waals surface area (Å²) in [6, 6.07) is 13.4. The molecule has 1 N–H and O–H groups in total. The van der Waals surface area contributed by atoms with Crippen molar-refractivity contribution in [1.82, 2.24) is 20.3 Å². The van der Waals surface area contributed by atoms with E-state index < -0.39 is 0 Å². The van der Waals surface area contributed by atoms with E-state index in [1.807, 2.05) is 43.3 Å². The summed E-state index contributed by atoms with van der Waals surface area (Å²) in [6.45, 7) is 2.50. The van der Waals surface area contributed by atoms with Crippen LogP contribution in [0.1, 0.15) is 30.0 Å². The number of amides is 1. The average Bonchev–Trinajstić information content (AvgIpc) is 3.26. The molecule has 6 heteroatoms. The van der Waals surface area contributed by atoms with Gasteiger partial charge in [0.2, 0.25) is 5.91 Å². The molecule has 2 aromatic heterocycles. The molecule has 24 heavy (non-hydrogen) atoms. The van der Waals surface area contributed by atoms with Crippen LogP contribution in [0.3, 0.4) is 0 Å². The minimum Gasteiger partial charge on any atom is -0.467 e. The molecule has 0 bridgehead atoms. The van der Waals surface area contributed by atoms with Crippen LogP contribution in [0.5, 0.6) is 0 Å². The molecule has 1 unspecified atom stereocenters. The summed E-state index contributed by atoms with van der Waals surface area (Å²) in [5, 5.41) is 10.9. The van der Waals surface area contributed by atoms with Crippen molar-refractivity contribution in [2.45, 2.75) is 19.5 Å². The Labute approximate surface area is 139 Å². The van der Waals surface area contributed by atoms with Crippen LogP contribution in [0, 0.1) is 0 Å². The summed E-state index contributed by atoms with van der Waals surface area (Å²) in [7, 11) is 0. The second-order valence-corrected chi connectivity index (χ2v) is 5.41. The number of rotatable bonds is 6. The second-order valence-electron chi connectivity index (χ2n) is 5.41. The van der Waals surface area contributed by atoms with E-state index in [0.29, 0.717) is 18.0 Å². The molecule has 0 saturated carbocycles. The van der Waals surface area contributed by atoms with Crippen molar-refractivity contribution in [3.8, 4) is 0 Å². The molecule has 2 heterocycles. The maximum absolute atomic E-state index is 11.9. The van der Waals surface area contributed by atoms with Gasteiger partial charge in [0.15, 0.2) is 0 Å². The lowest BCUT2D eigenvalue weighted by molar-refractivity contribution is -0.117. The van der Waals surface area contributed by atoms with Crippen LogP contribution in [0.25, 0.3) is 6.08 Å². The molecular formula is C18H18N4O2. The summed E-state index contributed by atoms with van der Waals surface area (Å²) in [5.74, 6) is 0.502. The first kappa shape index (κ1) is 15.7. The molecule has 0 aliphatic carbocycles. The Morgan fingerprint density at radius 2 is 2.12 bits per heavy atom. The minimum absolute atomic E-state index is 0.189. The standard InChI is InChI=1S/C18H18N4O2/c1-14(17-8-5-11-24-17)19-18(23)10-9-16-13-22(21-20-16)12-15-6-3-2-4-7-15/h2-11,13-14H,12H2,1H3,(H,19,23)/b10-9+. The fourth-order valence-electron chi connectivity index (χ4n) is 2.27. The topological polar surface area (TPSA) is 73.0 Å². The number of hydrogen-bond acceptors (Lipinski definition) is 4. The predicted octanol–water partition coefficient (Wildman–Crippen LogP) is 2.81. The quantitative estimate of drug-likeness (QED) is 0.708. The van der Waals surface area contributed by atoms with Gasteiger partial charge in [0, 0.05) is 6.08 Å². The third kappa shape index (κ3) is 4.19. The maximum Gasteiger partial charge on any atom is 0.244 e. The molecule has 0 saturated heterocycles. The van der Waals surface area contributed by atoms with Gasteiger partial charge in [-0.05, 0) is 30.7 Å². The highest BCUT2D eigenvalue weighted by molar-refractivity contribution is 5.91. The van der Waals surface area contributed by atoms with E-state index in [9.17, 15) is 4.79 Å². The van der Waals surface area contributed by atoms with Gasteiger partial charge in [-0.2, -0.15) is 0 Å². The molecule has 122 valence electrons. The zero-order chi connectivity index (χ0) is 16.8. The number of aromatic nitrogens is 3. The van der Waals surface area contributed by atoms with Crippen LogP contribution in [0.2, 0.25) is 0 Å². The third-order valence-electron chi connectivity index (χ3n) is 3.48. The van der Waals surface area contributed by atoms with Crippen LogP contribution < -0.4 is 5.32 Å². The lowest BCUT2D eigenvalue weighted by atomic mass is 10.2. The molecular weight excluding hydrogens is 304 g/mol.